The molecule has 1 heterocycles. The maximum atomic E-state index is 11.8. The van der Waals surface area contributed by atoms with Crippen molar-refractivity contribution in [2.75, 3.05) is 20.2 Å². The normalized spacial score (nSPS) is 19.9. The highest BCUT2D eigenvalue weighted by Crippen LogP contribution is 2.16. The Labute approximate surface area is 114 Å². The standard InChI is InChI=1S/C13H18N2O2.ClH/c1-17-13(16)12(10-5-3-2-4-6-10)15-11-7-8-14-9-11;/h2-6,11-12,14-15H,7-9H2,1H3;1H/t11-,12-;/m1./s1. The molecule has 100 valence electrons. The molecule has 4 nitrogen and oxygen atoms in total. The predicted octanol–water partition coefficient (Wildman–Crippen LogP) is 1.27. The zero-order chi connectivity index (χ0) is 12.1. The number of carbonyl (C=O) groups is 1. The maximum absolute atomic E-state index is 11.8. The number of halogens is 1. The van der Waals surface area contributed by atoms with E-state index in [4.69, 9.17) is 4.74 Å². The van der Waals surface area contributed by atoms with Crippen LogP contribution in [0.5, 0.6) is 0 Å². The Hall–Kier alpha value is -1.10. The number of methoxy groups -OCH3 is 1. The molecule has 0 spiro atoms. The van der Waals surface area contributed by atoms with Crippen molar-refractivity contribution in [3.63, 3.8) is 0 Å². The van der Waals surface area contributed by atoms with Gasteiger partial charge in [0.2, 0.25) is 0 Å². The SMILES string of the molecule is COC(=O)[C@H](N[C@@H]1CCNC1)c1ccccc1.Cl. The highest BCUT2D eigenvalue weighted by Gasteiger charge is 2.25. The molecule has 0 bridgehead atoms. The van der Waals surface area contributed by atoms with Gasteiger partial charge in [0, 0.05) is 12.6 Å². The van der Waals surface area contributed by atoms with Gasteiger partial charge in [-0.05, 0) is 18.5 Å². The fourth-order valence-electron chi connectivity index (χ4n) is 2.10. The van der Waals surface area contributed by atoms with E-state index in [2.05, 4.69) is 10.6 Å². The molecule has 1 aliphatic heterocycles. The molecule has 18 heavy (non-hydrogen) atoms. The van der Waals surface area contributed by atoms with Crippen molar-refractivity contribution in [1.82, 2.24) is 10.6 Å². The molecule has 1 fully saturated rings. The van der Waals surface area contributed by atoms with Crippen molar-refractivity contribution < 1.29 is 9.53 Å². The first-order valence-corrected chi connectivity index (χ1v) is 5.91. The summed E-state index contributed by atoms with van der Waals surface area (Å²) in [6.07, 6.45) is 1.04. The van der Waals surface area contributed by atoms with E-state index in [9.17, 15) is 4.79 Å². The van der Waals surface area contributed by atoms with Gasteiger partial charge in [0.05, 0.1) is 7.11 Å². The van der Waals surface area contributed by atoms with Gasteiger partial charge in [0.1, 0.15) is 6.04 Å². The first-order valence-electron chi connectivity index (χ1n) is 5.91. The third-order valence-corrected chi connectivity index (χ3v) is 3.03. The van der Waals surface area contributed by atoms with E-state index < -0.39 is 0 Å². The van der Waals surface area contributed by atoms with Gasteiger partial charge in [-0.15, -0.1) is 12.4 Å². The Bertz CT molecular complexity index is 367. The lowest BCUT2D eigenvalue weighted by Gasteiger charge is -2.20. The third-order valence-electron chi connectivity index (χ3n) is 3.03. The molecular formula is C13H19ClN2O2. The monoisotopic (exact) mass is 270 g/mol. The molecule has 0 aliphatic carbocycles. The van der Waals surface area contributed by atoms with Crippen LogP contribution in [0, 0.1) is 0 Å². The molecule has 1 aromatic rings. The van der Waals surface area contributed by atoms with Crippen molar-refractivity contribution in [2.45, 2.75) is 18.5 Å². The molecule has 0 saturated carbocycles. The zero-order valence-electron chi connectivity index (χ0n) is 10.4. The van der Waals surface area contributed by atoms with Crippen LogP contribution in [0.3, 0.4) is 0 Å². The first kappa shape index (κ1) is 15.0. The average Bonchev–Trinajstić information content (AvgIpc) is 2.89. The minimum atomic E-state index is -0.369. The Kier molecular flexibility index (Phi) is 6.12. The topological polar surface area (TPSA) is 50.4 Å². The molecule has 2 rings (SSSR count). The van der Waals surface area contributed by atoms with E-state index in [1.165, 1.54) is 7.11 Å². The maximum Gasteiger partial charge on any atom is 0.327 e. The second-order valence-electron chi connectivity index (χ2n) is 4.22. The zero-order valence-corrected chi connectivity index (χ0v) is 11.2. The van der Waals surface area contributed by atoms with Gasteiger partial charge in [-0.3, -0.25) is 5.32 Å². The molecule has 2 N–H and O–H groups in total. The summed E-state index contributed by atoms with van der Waals surface area (Å²) in [4.78, 5) is 11.8. The van der Waals surface area contributed by atoms with E-state index in [-0.39, 0.29) is 24.4 Å². The number of carbonyl (C=O) groups excluding carboxylic acids is 1. The van der Waals surface area contributed by atoms with Crippen molar-refractivity contribution in [1.29, 1.82) is 0 Å². The summed E-state index contributed by atoms with van der Waals surface area (Å²) < 4.78 is 4.86. The lowest BCUT2D eigenvalue weighted by atomic mass is 10.1. The minimum Gasteiger partial charge on any atom is -0.468 e. The third kappa shape index (κ3) is 3.70. The van der Waals surface area contributed by atoms with E-state index in [0.717, 1.165) is 25.1 Å². The van der Waals surface area contributed by atoms with Gasteiger partial charge in [0.25, 0.3) is 0 Å². The van der Waals surface area contributed by atoms with Crippen molar-refractivity contribution >= 4 is 18.4 Å². The lowest BCUT2D eigenvalue weighted by Crippen LogP contribution is -2.38. The molecule has 0 unspecified atom stereocenters. The molecule has 0 radical (unpaired) electrons. The Morgan fingerprint density at radius 1 is 1.44 bits per heavy atom. The Morgan fingerprint density at radius 3 is 2.72 bits per heavy atom. The summed E-state index contributed by atoms with van der Waals surface area (Å²) in [7, 11) is 1.42. The summed E-state index contributed by atoms with van der Waals surface area (Å²) in [5.41, 5.74) is 0.950. The van der Waals surface area contributed by atoms with Crippen LogP contribution in [0.15, 0.2) is 30.3 Å². The fourth-order valence-corrected chi connectivity index (χ4v) is 2.10. The summed E-state index contributed by atoms with van der Waals surface area (Å²) in [6, 6.07) is 9.65. The van der Waals surface area contributed by atoms with Crippen molar-refractivity contribution in [3.8, 4) is 0 Å². The van der Waals surface area contributed by atoms with E-state index >= 15 is 0 Å². The number of ether oxygens (including phenoxy) is 1. The smallest absolute Gasteiger partial charge is 0.327 e. The largest absolute Gasteiger partial charge is 0.468 e. The molecule has 0 amide bonds. The van der Waals surface area contributed by atoms with Gasteiger partial charge in [-0.1, -0.05) is 30.3 Å². The summed E-state index contributed by atoms with van der Waals surface area (Å²) in [5, 5.41) is 6.62. The molecule has 1 aliphatic rings. The number of esters is 1. The second kappa shape index (κ2) is 7.36. The minimum absolute atomic E-state index is 0. The summed E-state index contributed by atoms with van der Waals surface area (Å²) >= 11 is 0. The van der Waals surface area contributed by atoms with Crippen LogP contribution < -0.4 is 10.6 Å². The Morgan fingerprint density at radius 2 is 2.17 bits per heavy atom. The fraction of sp³-hybridized carbons (Fsp3) is 0.462. The van der Waals surface area contributed by atoms with Gasteiger partial charge in [-0.2, -0.15) is 0 Å². The van der Waals surface area contributed by atoms with Crippen molar-refractivity contribution in [3.05, 3.63) is 35.9 Å². The van der Waals surface area contributed by atoms with Crippen LogP contribution in [0.2, 0.25) is 0 Å². The van der Waals surface area contributed by atoms with E-state index in [1.807, 2.05) is 30.3 Å². The molecule has 1 aromatic carbocycles. The van der Waals surface area contributed by atoms with Gasteiger partial charge >= 0.3 is 5.97 Å². The van der Waals surface area contributed by atoms with Crippen LogP contribution in [0.1, 0.15) is 18.0 Å². The van der Waals surface area contributed by atoms with E-state index in [1.54, 1.807) is 0 Å². The molecule has 5 heteroatoms. The van der Waals surface area contributed by atoms with Crippen LogP contribution in [-0.4, -0.2) is 32.2 Å². The second-order valence-corrected chi connectivity index (χ2v) is 4.22. The quantitative estimate of drug-likeness (QED) is 0.809. The van der Waals surface area contributed by atoms with Crippen LogP contribution in [0.25, 0.3) is 0 Å². The van der Waals surface area contributed by atoms with Crippen LogP contribution >= 0.6 is 12.4 Å². The molecule has 0 aromatic heterocycles. The number of hydrogen-bond donors (Lipinski definition) is 2. The van der Waals surface area contributed by atoms with Crippen LogP contribution in [0.4, 0.5) is 0 Å². The number of nitrogens with one attached hydrogen (secondary N) is 2. The lowest BCUT2D eigenvalue weighted by molar-refractivity contribution is -0.143. The van der Waals surface area contributed by atoms with Gasteiger partial charge in [0.15, 0.2) is 0 Å². The Balaban J connectivity index is 0.00000162. The summed E-state index contributed by atoms with van der Waals surface area (Å²) in [5.74, 6) is -0.233. The van der Waals surface area contributed by atoms with Crippen LogP contribution in [-0.2, 0) is 9.53 Å². The molecule has 1 saturated heterocycles. The number of rotatable bonds is 4. The average molecular weight is 271 g/mol. The predicted molar refractivity (Wildman–Crippen MR) is 72.9 cm³/mol. The van der Waals surface area contributed by atoms with Gasteiger partial charge < -0.3 is 10.1 Å². The number of hydrogen-bond acceptors (Lipinski definition) is 4. The number of benzene rings is 1. The molecule has 2 atom stereocenters. The van der Waals surface area contributed by atoms with E-state index in [0.29, 0.717) is 6.04 Å². The first-order chi connectivity index (χ1) is 8.31. The highest BCUT2D eigenvalue weighted by atomic mass is 35.5. The van der Waals surface area contributed by atoms with Crippen molar-refractivity contribution in [2.24, 2.45) is 0 Å². The van der Waals surface area contributed by atoms with Gasteiger partial charge in [-0.25, -0.2) is 4.79 Å². The molecular weight excluding hydrogens is 252 g/mol. The summed E-state index contributed by atoms with van der Waals surface area (Å²) in [6.45, 7) is 1.90. The highest BCUT2D eigenvalue weighted by molar-refractivity contribution is 5.85.